The van der Waals surface area contributed by atoms with Crippen LogP contribution in [-0.2, 0) is 4.84 Å². The fourth-order valence-electron chi connectivity index (χ4n) is 2.12. The predicted octanol–water partition coefficient (Wildman–Crippen LogP) is 3.74. The monoisotopic (exact) mass is 293 g/mol. The summed E-state index contributed by atoms with van der Waals surface area (Å²) in [6.07, 6.45) is 0.601. The molecule has 2 aliphatic rings. The molecule has 2 nitrogen and oxygen atoms in total. The van der Waals surface area contributed by atoms with Gasteiger partial charge < -0.3 is 4.84 Å². The van der Waals surface area contributed by atoms with Crippen molar-refractivity contribution in [3.8, 4) is 0 Å². The lowest BCUT2D eigenvalue weighted by molar-refractivity contribution is -0.136. The molecule has 0 saturated heterocycles. The Balaban J connectivity index is 1.99. The summed E-state index contributed by atoms with van der Waals surface area (Å²) >= 11 is 5.83. The molecule has 1 saturated carbocycles. The molecule has 2 unspecified atom stereocenters. The van der Waals surface area contributed by atoms with Crippen LogP contribution in [0.25, 0.3) is 0 Å². The van der Waals surface area contributed by atoms with Gasteiger partial charge in [0.15, 0.2) is 0 Å². The first kappa shape index (κ1) is 12.7. The van der Waals surface area contributed by atoms with Crippen molar-refractivity contribution in [1.29, 1.82) is 0 Å². The number of hydrogen-bond acceptors (Lipinski definition) is 2. The zero-order valence-electron chi connectivity index (χ0n) is 9.42. The van der Waals surface area contributed by atoms with Crippen LogP contribution in [-0.4, -0.2) is 17.0 Å². The lowest BCUT2D eigenvalue weighted by Crippen LogP contribution is -2.30. The van der Waals surface area contributed by atoms with Gasteiger partial charge in [0.2, 0.25) is 0 Å². The SMILES string of the molecule is Fc1cccc(F)c1C1C(Cl)=CON1C1CC1(F)F. The molecule has 1 heterocycles. The Hall–Kier alpha value is -1.27. The molecule has 0 amide bonds. The fourth-order valence-corrected chi connectivity index (χ4v) is 2.37. The first-order valence-electron chi connectivity index (χ1n) is 5.54. The minimum Gasteiger partial charge on any atom is -0.411 e. The van der Waals surface area contributed by atoms with Crippen molar-refractivity contribution in [2.45, 2.75) is 24.4 Å². The number of nitrogens with zero attached hydrogens (tertiary/aromatic N) is 1. The molecule has 0 bridgehead atoms. The van der Waals surface area contributed by atoms with Gasteiger partial charge in [-0.2, -0.15) is 0 Å². The molecule has 102 valence electrons. The van der Waals surface area contributed by atoms with Crippen LogP contribution in [0.3, 0.4) is 0 Å². The summed E-state index contributed by atoms with van der Waals surface area (Å²) < 4.78 is 53.6. The van der Waals surface area contributed by atoms with Gasteiger partial charge in [0, 0.05) is 12.0 Å². The summed E-state index contributed by atoms with van der Waals surface area (Å²) in [5.74, 6) is -4.62. The average Bonchev–Trinajstić information content (AvgIpc) is 2.78. The molecular weight excluding hydrogens is 286 g/mol. The summed E-state index contributed by atoms with van der Waals surface area (Å²) in [6.45, 7) is 0. The van der Waals surface area contributed by atoms with Gasteiger partial charge in [-0.25, -0.2) is 17.6 Å². The summed E-state index contributed by atoms with van der Waals surface area (Å²) in [4.78, 5) is 4.93. The molecule has 0 aromatic heterocycles. The number of hydrogen-bond donors (Lipinski definition) is 0. The van der Waals surface area contributed by atoms with Gasteiger partial charge in [0.25, 0.3) is 5.92 Å². The Morgan fingerprint density at radius 3 is 2.37 bits per heavy atom. The van der Waals surface area contributed by atoms with Gasteiger partial charge in [-0.05, 0) is 12.1 Å². The van der Waals surface area contributed by atoms with Crippen molar-refractivity contribution >= 4 is 11.6 Å². The van der Waals surface area contributed by atoms with Gasteiger partial charge >= 0.3 is 0 Å². The van der Waals surface area contributed by atoms with E-state index in [4.69, 9.17) is 16.4 Å². The molecule has 19 heavy (non-hydrogen) atoms. The minimum atomic E-state index is -2.92. The van der Waals surface area contributed by atoms with E-state index in [1.807, 2.05) is 0 Å². The lowest BCUT2D eigenvalue weighted by atomic mass is 10.1. The Bertz CT molecular complexity index is 542. The minimum absolute atomic E-state index is 0.0355. The second-order valence-electron chi connectivity index (χ2n) is 4.49. The third-order valence-corrected chi connectivity index (χ3v) is 3.47. The van der Waals surface area contributed by atoms with Crippen LogP contribution in [0.5, 0.6) is 0 Å². The molecule has 3 rings (SSSR count). The number of alkyl halides is 2. The molecular formula is C12H8ClF4NO. The Kier molecular flexibility index (Phi) is 2.76. The van der Waals surface area contributed by atoms with E-state index in [-0.39, 0.29) is 10.6 Å². The van der Waals surface area contributed by atoms with E-state index in [1.165, 1.54) is 6.07 Å². The second kappa shape index (κ2) is 4.11. The molecule has 1 aromatic rings. The molecule has 1 fully saturated rings. The van der Waals surface area contributed by atoms with Crippen LogP contribution < -0.4 is 0 Å². The van der Waals surface area contributed by atoms with Gasteiger partial charge in [-0.1, -0.05) is 17.7 Å². The number of hydroxylamine groups is 2. The van der Waals surface area contributed by atoms with Crippen LogP contribution in [0.15, 0.2) is 29.5 Å². The maximum absolute atomic E-state index is 13.7. The first-order chi connectivity index (χ1) is 8.92. The van der Waals surface area contributed by atoms with E-state index in [9.17, 15) is 17.6 Å². The number of rotatable bonds is 2. The zero-order valence-corrected chi connectivity index (χ0v) is 10.2. The van der Waals surface area contributed by atoms with E-state index >= 15 is 0 Å². The highest BCUT2D eigenvalue weighted by Crippen LogP contribution is 2.52. The summed E-state index contributed by atoms with van der Waals surface area (Å²) in [5.41, 5.74) is -0.385. The molecule has 0 N–H and O–H groups in total. The predicted molar refractivity (Wildman–Crippen MR) is 59.3 cm³/mol. The second-order valence-corrected chi connectivity index (χ2v) is 4.92. The highest BCUT2D eigenvalue weighted by Gasteiger charge is 2.64. The van der Waals surface area contributed by atoms with Crippen LogP contribution in [0.1, 0.15) is 18.0 Å². The third kappa shape index (κ3) is 1.99. The van der Waals surface area contributed by atoms with E-state index in [2.05, 4.69) is 0 Å². The standard InChI is InChI=1S/C12H8ClF4NO/c13-6-5-19-18(9-4-12(9,16)17)11(6)10-7(14)2-1-3-8(10)15/h1-3,5,9,11H,4H2. The van der Waals surface area contributed by atoms with Crippen LogP contribution in [0, 0.1) is 11.6 Å². The van der Waals surface area contributed by atoms with Gasteiger partial charge in [0.05, 0.1) is 5.03 Å². The molecule has 1 aromatic carbocycles. The van der Waals surface area contributed by atoms with Crippen LogP contribution in [0.2, 0.25) is 0 Å². The lowest BCUT2D eigenvalue weighted by Gasteiger charge is -2.24. The van der Waals surface area contributed by atoms with Crippen molar-refractivity contribution in [2.75, 3.05) is 0 Å². The van der Waals surface area contributed by atoms with E-state index in [0.717, 1.165) is 23.5 Å². The maximum Gasteiger partial charge on any atom is 0.268 e. The maximum atomic E-state index is 13.7. The molecule has 7 heteroatoms. The van der Waals surface area contributed by atoms with E-state index < -0.39 is 36.1 Å². The molecule has 1 aliphatic carbocycles. The van der Waals surface area contributed by atoms with E-state index in [1.54, 1.807) is 0 Å². The highest BCUT2D eigenvalue weighted by molar-refractivity contribution is 6.30. The van der Waals surface area contributed by atoms with Crippen molar-refractivity contribution in [3.05, 3.63) is 46.7 Å². The highest BCUT2D eigenvalue weighted by atomic mass is 35.5. The Morgan fingerprint density at radius 1 is 1.26 bits per heavy atom. The van der Waals surface area contributed by atoms with Crippen molar-refractivity contribution in [2.24, 2.45) is 0 Å². The Labute approximate surface area is 111 Å². The van der Waals surface area contributed by atoms with Gasteiger partial charge in [0.1, 0.15) is 30.0 Å². The summed E-state index contributed by atoms with van der Waals surface area (Å²) in [6, 6.07) is 0.886. The topological polar surface area (TPSA) is 12.5 Å². The van der Waals surface area contributed by atoms with Crippen molar-refractivity contribution in [3.63, 3.8) is 0 Å². The van der Waals surface area contributed by atoms with Crippen LogP contribution in [0.4, 0.5) is 17.6 Å². The third-order valence-electron chi connectivity index (χ3n) is 3.18. The normalized spacial score (nSPS) is 29.0. The molecule has 2 atom stereocenters. The van der Waals surface area contributed by atoms with Crippen LogP contribution >= 0.6 is 11.6 Å². The smallest absolute Gasteiger partial charge is 0.268 e. The van der Waals surface area contributed by atoms with Gasteiger partial charge in [-0.3, -0.25) is 0 Å². The Morgan fingerprint density at radius 2 is 1.84 bits per heavy atom. The summed E-state index contributed by atoms with van der Waals surface area (Å²) in [7, 11) is 0. The molecule has 0 spiro atoms. The average molecular weight is 294 g/mol. The number of halogens is 5. The molecule has 0 radical (unpaired) electrons. The van der Waals surface area contributed by atoms with Crippen molar-refractivity contribution in [1.82, 2.24) is 5.06 Å². The number of benzene rings is 1. The fraction of sp³-hybridized carbons (Fsp3) is 0.333. The summed E-state index contributed by atoms with van der Waals surface area (Å²) in [5, 5.41) is 0.816. The van der Waals surface area contributed by atoms with E-state index in [0.29, 0.717) is 0 Å². The zero-order chi connectivity index (χ0) is 13.8. The molecule has 1 aliphatic heterocycles. The van der Waals surface area contributed by atoms with Crippen molar-refractivity contribution < 1.29 is 22.4 Å². The van der Waals surface area contributed by atoms with Gasteiger partial charge in [-0.15, -0.1) is 5.06 Å². The first-order valence-corrected chi connectivity index (χ1v) is 5.92. The quantitative estimate of drug-likeness (QED) is 0.770. The largest absolute Gasteiger partial charge is 0.411 e.